The van der Waals surface area contributed by atoms with Crippen LogP contribution >= 0.6 is 11.6 Å². The van der Waals surface area contributed by atoms with Crippen molar-refractivity contribution in [1.29, 1.82) is 5.26 Å². The monoisotopic (exact) mass is 398 g/mol. The van der Waals surface area contributed by atoms with E-state index in [9.17, 15) is 10.1 Å². The summed E-state index contributed by atoms with van der Waals surface area (Å²) >= 11 is 6.30. The summed E-state index contributed by atoms with van der Waals surface area (Å²) in [7, 11) is 1.51. The standard InChI is InChI=1S/C22H23ClN2O3/c1-4-10-28-21-19(23)12-16(13-20(21)27-3)11-18(14-24)22(26)25-15(2)17-8-6-5-7-9-17/h5-9,11-13,15H,4,10H2,1-3H3,(H,25,26)/b18-11+/t15-/m1/s1. The molecule has 0 spiro atoms. The Morgan fingerprint density at radius 1 is 1.32 bits per heavy atom. The van der Waals surface area contributed by atoms with E-state index in [1.807, 2.05) is 50.2 Å². The molecule has 2 aromatic rings. The average Bonchev–Trinajstić information content (AvgIpc) is 2.71. The molecule has 1 atom stereocenters. The number of hydrogen-bond acceptors (Lipinski definition) is 4. The third-order valence-electron chi connectivity index (χ3n) is 4.03. The number of nitrogens with zero attached hydrogens (tertiary/aromatic N) is 1. The number of halogens is 1. The normalized spacial score (nSPS) is 12.0. The lowest BCUT2D eigenvalue weighted by molar-refractivity contribution is -0.117. The van der Waals surface area contributed by atoms with Crippen LogP contribution in [-0.2, 0) is 4.79 Å². The molecular formula is C22H23ClN2O3. The van der Waals surface area contributed by atoms with Crippen molar-refractivity contribution in [3.8, 4) is 17.6 Å². The Morgan fingerprint density at radius 2 is 2.04 bits per heavy atom. The Morgan fingerprint density at radius 3 is 2.64 bits per heavy atom. The number of amides is 1. The SMILES string of the molecule is CCCOc1c(Cl)cc(/C=C(\C#N)C(=O)N[C@H](C)c2ccccc2)cc1OC. The molecule has 0 unspecified atom stereocenters. The molecule has 0 fully saturated rings. The zero-order chi connectivity index (χ0) is 20.5. The summed E-state index contributed by atoms with van der Waals surface area (Å²) < 4.78 is 11.0. The quantitative estimate of drug-likeness (QED) is 0.506. The molecule has 0 aliphatic rings. The highest BCUT2D eigenvalue weighted by molar-refractivity contribution is 6.32. The highest BCUT2D eigenvalue weighted by Crippen LogP contribution is 2.37. The maximum absolute atomic E-state index is 12.5. The van der Waals surface area contributed by atoms with Crippen molar-refractivity contribution in [3.05, 3.63) is 64.2 Å². The number of hydrogen-bond donors (Lipinski definition) is 1. The highest BCUT2D eigenvalue weighted by atomic mass is 35.5. The zero-order valence-electron chi connectivity index (χ0n) is 16.2. The van der Waals surface area contributed by atoms with Gasteiger partial charge in [-0.2, -0.15) is 5.26 Å². The molecule has 0 bridgehead atoms. The molecule has 0 aliphatic carbocycles. The van der Waals surface area contributed by atoms with Crippen LogP contribution in [0, 0.1) is 11.3 Å². The van der Waals surface area contributed by atoms with Gasteiger partial charge in [0.05, 0.1) is 24.8 Å². The minimum Gasteiger partial charge on any atom is -0.493 e. The molecule has 0 heterocycles. The van der Waals surface area contributed by atoms with Gasteiger partial charge in [-0.25, -0.2) is 0 Å². The number of nitriles is 1. The summed E-state index contributed by atoms with van der Waals surface area (Å²) in [6, 6.07) is 14.6. The minimum atomic E-state index is -0.458. The van der Waals surface area contributed by atoms with E-state index < -0.39 is 5.91 Å². The molecule has 2 rings (SSSR count). The zero-order valence-corrected chi connectivity index (χ0v) is 16.9. The van der Waals surface area contributed by atoms with E-state index in [4.69, 9.17) is 21.1 Å². The third-order valence-corrected chi connectivity index (χ3v) is 4.31. The predicted molar refractivity (Wildman–Crippen MR) is 110 cm³/mol. The average molecular weight is 399 g/mol. The number of carbonyl (C=O) groups is 1. The number of nitrogens with one attached hydrogen (secondary N) is 1. The molecule has 28 heavy (non-hydrogen) atoms. The lowest BCUT2D eigenvalue weighted by Gasteiger charge is -2.14. The van der Waals surface area contributed by atoms with Crippen LogP contribution in [-0.4, -0.2) is 19.6 Å². The van der Waals surface area contributed by atoms with Crippen molar-refractivity contribution in [2.24, 2.45) is 0 Å². The molecule has 1 N–H and O–H groups in total. The third kappa shape index (κ3) is 5.51. The van der Waals surface area contributed by atoms with Gasteiger partial charge in [-0.1, -0.05) is 48.9 Å². The summed E-state index contributed by atoms with van der Waals surface area (Å²) in [5, 5.41) is 12.6. The van der Waals surface area contributed by atoms with Crippen LogP contribution in [0.15, 0.2) is 48.0 Å². The highest BCUT2D eigenvalue weighted by Gasteiger charge is 2.16. The second kappa shape index (κ2) is 10.4. The van der Waals surface area contributed by atoms with Crippen molar-refractivity contribution < 1.29 is 14.3 Å². The fourth-order valence-corrected chi connectivity index (χ4v) is 2.86. The van der Waals surface area contributed by atoms with Gasteiger partial charge in [0.15, 0.2) is 11.5 Å². The lowest BCUT2D eigenvalue weighted by atomic mass is 10.1. The first-order valence-electron chi connectivity index (χ1n) is 8.98. The smallest absolute Gasteiger partial charge is 0.262 e. The molecule has 5 nitrogen and oxygen atoms in total. The Labute approximate surface area is 170 Å². The van der Waals surface area contributed by atoms with Gasteiger partial charge in [-0.15, -0.1) is 0 Å². The Hall–Kier alpha value is -2.97. The second-order valence-electron chi connectivity index (χ2n) is 6.16. The molecule has 6 heteroatoms. The van der Waals surface area contributed by atoms with Crippen LogP contribution < -0.4 is 14.8 Å². The maximum Gasteiger partial charge on any atom is 0.262 e. The molecule has 0 saturated heterocycles. The maximum atomic E-state index is 12.5. The van der Waals surface area contributed by atoms with Gasteiger partial charge in [-0.3, -0.25) is 4.79 Å². The summed E-state index contributed by atoms with van der Waals surface area (Å²) in [6.45, 7) is 4.36. The summed E-state index contributed by atoms with van der Waals surface area (Å²) in [4.78, 5) is 12.5. The first-order chi connectivity index (χ1) is 13.5. The van der Waals surface area contributed by atoms with Gasteiger partial charge in [0, 0.05) is 0 Å². The Kier molecular flexibility index (Phi) is 7.91. The van der Waals surface area contributed by atoms with Crippen LogP contribution in [0.1, 0.15) is 37.4 Å². The van der Waals surface area contributed by atoms with Crippen molar-refractivity contribution in [1.82, 2.24) is 5.32 Å². The molecule has 2 aromatic carbocycles. The van der Waals surface area contributed by atoms with E-state index in [-0.39, 0.29) is 11.6 Å². The fourth-order valence-electron chi connectivity index (χ4n) is 2.58. The van der Waals surface area contributed by atoms with Crippen molar-refractivity contribution in [3.63, 3.8) is 0 Å². The molecule has 1 amide bonds. The van der Waals surface area contributed by atoms with Crippen molar-refractivity contribution in [2.75, 3.05) is 13.7 Å². The van der Waals surface area contributed by atoms with Crippen LogP contribution in [0.3, 0.4) is 0 Å². The number of ether oxygens (including phenoxy) is 2. The largest absolute Gasteiger partial charge is 0.493 e. The Bertz CT molecular complexity index is 889. The fraction of sp³-hybridized carbons (Fsp3) is 0.273. The van der Waals surface area contributed by atoms with E-state index in [1.54, 1.807) is 12.1 Å². The van der Waals surface area contributed by atoms with Crippen LogP contribution in [0.2, 0.25) is 5.02 Å². The predicted octanol–water partition coefficient (Wildman–Crippen LogP) is 4.92. The summed E-state index contributed by atoms with van der Waals surface area (Å²) in [5.74, 6) is 0.437. The van der Waals surface area contributed by atoms with Crippen LogP contribution in [0.25, 0.3) is 6.08 Å². The molecule has 0 aliphatic heterocycles. The van der Waals surface area contributed by atoms with Crippen molar-refractivity contribution in [2.45, 2.75) is 26.3 Å². The van der Waals surface area contributed by atoms with Gasteiger partial charge in [-0.05, 0) is 42.7 Å². The van der Waals surface area contributed by atoms with E-state index >= 15 is 0 Å². The second-order valence-corrected chi connectivity index (χ2v) is 6.57. The number of methoxy groups -OCH3 is 1. The number of rotatable bonds is 8. The first kappa shape index (κ1) is 21.3. The molecule has 0 aromatic heterocycles. The molecule has 146 valence electrons. The van der Waals surface area contributed by atoms with Gasteiger partial charge >= 0.3 is 0 Å². The van der Waals surface area contributed by atoms with Crippen LogP contribution in [0.4, 0.5) is 0 Å². The summed E-state index contributed by atoms with van der Waals surface area (Å²) in [5.41, 5.74) is 1.50. The Balaban J connectivity index is 2.24. The molecule has 0 radical (unpaired) electrons. The van der Waals surface area contributed by atoms with Gasteiger partial charge in [0.25, 0.3) is 5.91 Å². The number of benzene rings is 2. The van der Waals surface area contributed by atoms with Gasteiger partial charge < -0.3 is 14.8 Å². The topological polar surface area (TPSA) is 71.3 Å². The molecule has 0 saturated carbocycles. The summed E-state index contributed by atoms with van der Waals surface area (Å²) in [6.07, 6.45) is 2.31. The molecular weight excluding hydrogens is 376 g/mol. The van der Waals surface area contributed by atoms with E-state index in [0.29, 0.717) is 28.7 Å². The van der Waals surface area contributed by atoms with E-state index in [0.717, 1.165) is 12.0 Å². The van der Waals surface area contributed by atoms with E-state index in [1.165, 1.54) is 13.2 Å². The lowest BCUT2D eigenvalue weighted by Crippen LogP contribution is -2.27. The van der Waals surface area contributed by atoms with Crippen LogP contribution in [0.5, 0.6) is 11.5 Å². The first-order valence-corrected chi connectivity index (χ1v) is 9.35. The van der Waals surface area contributed by atoms with Crippen molar-refractivity contribution >= 4 is 23.6 Å². The minimum absolute atomic E-state index is 0.0249. The van der Waals surface area contributed by atoms with Gasteiger partial charge in [0.2, 0.25) is 0 Å². The van der Waals surface area contributed by atoms with E-state index in [2.05, 4.69) is 5.32 Å². The number of carbonyl (C=O) groups excluding carboxylic acids is 1. The van der Waals surface area contributed by atoms with Gasteiger partial charge in [0.1, 0.15) is 11.6 Å².